The van der Waals surface area contributed by atoms with Gasteiger partial charge in [-0.2, -0.15) is 0 Å². The Morgan fingerprint density at radius 2 is 1.79 bits per heavy atom. The zero-order valence-corrected chi connectivity index (χ0v) is 14.5. The molecule has 0 spiro atoms. The van der Waals surface area contributed by atoms with Crippen LogP contribution in [-0.4, -0.2) is 24.0 Å². The first kappa shape index (κ1) is 17.9. The molecule has 4 nitrogen and oxygen atoms in total. The van der Waals surface area contributed by atoms with Gasteiger partial charge in [-0.25, -0.2) is 0 Å². The van der Waals surface area contributed by atoms with Gasteiger partial charge in [0.2, 0.25) is 0 Å². The average molecular weight is 327 g/mol. The van der Waals surface area contributed by atoms with Crippen LogP contribution in [0.4, 0.5) is 5.69 Å². The molecule has 2 rings (SSSR count). The van der Waals surface area contributed by atoms with E-state index in [-0.39, 0.29) is 11.9 Å². The topological polar surface area (TPSA) is 51.0 Å². The van der Waals surface area contributed by atoms with Crippen LogP contribution in [0.25, 0.3) is 0 Å². The first-order chi connectivity index (χ1) is 11.6. The van der Waals surface area contributed by atoms with E-state index in [1.165, 1.54) is 0 Å². The average Bonchev–Trinajstić information content (AvgIpc) is 2.55. The summed E-state index contributed by atoms with van der Waals surface area (Å²) in [6, 6.07) is 12.8. The van der Waals surface area contributed by atoms with Gasteiger partial charge in [-0.15, -0.1) is 0 Å². The molecule has 24 heavy (non-hydrogen) atoms. The Kier molecular flexibility index (Phi) is 6.67. The van der Waals surface area contributed by atoms with Gasteiger partial charge in [0.25, 0.3) is 0 Å². The third-order valence-corrected chi connectivity index (χ3v) is 3.33. The van der Waals surface area contributed by atoms with Gasteiger partial charge in [0.1, 0.15) is 17.2 Å². The first-order valence-corrected chi connectivity index (χ1v) is 8.35. The minimum absolute atomic E-state index is 0.148. The van der Waals surface area contributed by atoms with E-state index in [0.717, 1.165) is 24.3 Å². The maximum absolute atomic E-state index is 10.1. The van der Waals surface area contributed by atoms with Gasteiger partial charge in [-0.1, -0.05) is 13.3 Å². The molecule has 2 aromatic carbocycles. The van der Waals surface area contributed by atoms with Crippen LogP contribution >= 0.6 is 0 Å². The molecule has 2 aromatic rings. The maximum atomic E-state index is 10.1. The van der Waals surface area contributed by atoms with Gasteiger partial charge in [-0.05, 0) is 56.7 Å². The summed E-state index contributed by atoms with van der Waals surface area (Å²) in [4.78, 5) is 4.38. The Morgan fingerprint density at radius 3 is 2.42 bits per heavy atom. The molecule has 0 amide bonds. The summed E-state index contributed by atoms with van der Waals surface area (Å²) in [5.41, 5.74) is 1.45. The predicted molar refractivity (Wildman–Crippen MR) is 98.0 cm³/mol. The summed E-state index contributed by atoms with van der Waals surface area (Å²) in [6.45, 7) is 6.75. The van der Waals surface area contributed by atoms with Crippen molar-refractivity contribution in [3.63, 3.8) is 0 Å². The minimum Gasteiger partial charge on any atom is -0.507 e. The quantitative estimate of drug-likeness (QED) is 0.541. The van der Waals surface area contributed by atoms with Gasteiger partial charge in [0.15, 0.2) is 0 Å². The smallest absolute Gasteiger partial charge is 0.128 e. The number of aromatic hydroxyl groups is 1. The molecule has 0 fully saturated rings. The number of phenolic OH excluding ortho intramolecular Hbond substituents is 1. The third kappa shape index (κ3) is 5.61. The van der Waals surface area contributed by atoms with Gasteiger partial charge in [0, 0.05) is 17.8 Å². The lowest BCUT2D eigenvalue weighted by Gasteiger charge is -2.09. The van der Waals surface area contributed by atoms with Crippen molar-refractivity contribution in [2.75, 3.05) is 6.61 Å². The Morgan fingerprint density at radius 1 is 1.08 bits per heavy atom. The highest BCUT2D eigenvalue weighted by Crippen LogP contribution is 2.24. The standard InChI is InChI=1S/C20H25NO3/c1-4-5-12-23-19-9-6-16(20(22)13-19)14-21-17-7-10-18(11-8-17)24-15(2)3/h6-11,13-15,22H,4-5,12H2,1-3H3. The van der Waals surface area contributed by atoms with Crippen LogP contribution in [0.2, 0.25) is 0 Å². The fourth-order valence-corrected chi connectivity index (χ4v) is 2.08. The molecule has 0 saturated carbocycles. The van der Waals surface area contributed by atoms with Crippen LogP contribution in [0.5, 0.6) is 17.2 Å². The number of unbranched alkanes of at least 4 members (excludes halogenated alkanes) is 1. The van der Waals surface area contributed by atoms with Crippen LogP contribution in [-0.2, 0) is 0 Å². The lowest BCUT2D eigenvalue weighted by Crippen LogP contribution is -2.04. The molecule has 128 valence electrons. The second-order valence-corrected chi connectivity index (χ2v) is 5.84. The Labute approximate surface area is 143 Å². The number of aliphatic imine (C=N–C) groups is 1. The number of hydrogen-bond acceptors (Lipinski definition) is 4. The summed E-state index contributed by atoms with van der Waals surface area (Å²) >= 11 is 0. The van der Waals surface area contributed by atoms with E-state index >= 15 is 0 Å². The van der Waals surface area contributed by atoms with Crippen LogP contribution in [0.1, 0.15) is 39.2 Å². The molecule has 0 bridgehead atoms. The van der Waals surface area contributed by atoms with E-state index in [1.807, 2.05) is 44.2 Å². The van der Waals surface area contributed by atoms with E-state index < -0.39 is 0 Å². The van der Waals surface area contributed by atoms with Gasteiger partial charge in [-0.3, -0.25) is 4.99 Å². The Bertz CT molecular complexity index is 663. The summed E-state index contributed by atoms with van der Waals surface area (Å²) < 4.78 is 11.2. The monoisotopic (exact) mass is 327 g/mol. The van der Waals surface area contributed by atoms with E-state index in [9.17, 15) is 5.11 Å². The zero-order chi connectivity index (χ0) is 17.4. The number of phenols is 1. The second kappa shape index (κ2) is 8.96. The SMILES string of the molecule is CCCCOc1ccc(C=Nc2ccc(OC(C)C)cc2)c(O)c1. The molecule has 1 N–H and O–H groups in total. The van der Waals surface area contributed by atoms with E-state index in [1.54, 1.807) is 18.3 Å². The zero-order valence-electron chi connectivity index (χ0n) is 14.5. The van der Waals surface area contributed by atoms with E-state index in [0.29, 0.717) is 17.9 Å². The molecule has 0 heterocycles. The highest BCUT2D eigenvalue weighted by Gasteiger charge is 2.02. The molecule has 0 saturated heterocycles. The third-order valence-electron chi connectivity index (χ3n) is 3.33. The number of hydrogen-bond donors (Lipinski definition) is 1. The molecule has 0 aliphatic rings. The first-order valence-electron chi connectivity index (χ1n) is 8.35. The lowest BCUT2D eigenvalue weighted by atomic mass is 10.2. The van der Waals surface area contributed by atoms with Crippen LogP contribution in [0.15, 0.2) is 47.5 Å². The summed E-state index contributed by atoms with van der Waals surface area (Å²) in [6.07, 6.45) is 3.87. The van der Waals surface area contributed by atoms with E-state index in [4.69, 9.17) is 9.47 Å². The van der Waals surface area contributed by atoms with Crippen LogP contribution in [0, 0.1) is 0 Å². The maximum Gasteiger partial charge on any atom is 0.128 e. The van der Waals surface area contributed by atoms with Crippen molar-refractivity contribution in [1.29, 1.82) is 0 Å². The fraction of sp³-hybridized carbons (Fsp3) is 0.350. The normalized spacial score (nSPS) is 11.2. The molecule has 0 unspecified atom stereocenters. The van der Waals surface area contributed by atoms with Crippen molar-refractivity contribution in [1.82, 2.24) is 0 Å². The summed E-state index contributed by atoms with van der Waals surface area (Å²) in [7, 11) is 0. The predicted octanol–water partition coefficient (Wildman–Crippen LogP) is 5.11. The fourth-order valence-electron chi connectivity index (χ4n) is 2.08. The van der Waals surface area contributed by atoms with Crippen molar-refractivity contribution in [3.05, 3.63) is 48.0 Å². The van der Waals surface area contributed by atoms with Crippen molar-refractivity contribution in [2.45, 2.75) is 39.7 Å². The lowest BCUT2D eigenvalue weighted by molar-refractivity contribution is 0.242. The summed E-state index contributed by atoms with van der Waals surface area (Å²) in [5.74, 6) is 1.65. The Hall–Kier alpha value is -2.49. The summed E-state index contributed by atoms with van der Waals surface area (Å²) in [5, 5.41) is 10.1. The molecular formula is C20H25NO3. The molecular weight excluding hydrogens is 302 g/mol. The molecule has 0 aliphatic heterocycles. The van der Waals surface area contributed by atoms with Crippen LogP contribution < -0.4 is 9.47 Å². The van der Waals surface area contributed by atoms with Crippen molar-refractivity contribution >= 4 is 11.9 Å². The molecule has 0 radical (unpaired) electrons. The minimum atomic E-state index is 0.148. The molecule has 0 aromatic heterocycles. The van der Waals surface area contributed by atoms with Gasteiger partial charge < -0.3 is 14.6 Å². The van der Waals surface area contributed by atoms with E-state index in [2.05, 4.69) is 11.9 Å². The number of nitrogens with zero attached hydrogens (tertiary/aromatic N) is 1. The number of ether oxygens (including phenoxy) is 2. The largest absolute Gasteiger partial charge is 0.507 e. The van der Waals surface area contributed by atoms with Crippen molar-refractivity contribution in [2.24, 2.45) is 4.99 Å². The van der Waals surface area contributed by atoms with Crippen molar-refractivity contribution < 1.29 is 14.6 Å². The number of benzene rings is 2. The van der Waals surface area contributed by atoms with Crippen LogP contribution in [0.3, 0.4) is 0 Å². The van der Waals surface area contributed by atoms with Crippen molar-refractivity contribution in [3.8, 4) is 17.2 Å². The van der Waals surface area contributed by atoms with Gasteiger partial charge >= 0.3 is 0 Å². The Balaban J connectivity index is 2.00. The molecule has 4 heteroatoms. The highest BCUT2D eigenvalue weighted by atomic mass is 16.5. The molecule has 0 atom stereocenters. The van der Waals surface area contributed by atoms with Gasteiger partial charge in [0.05, 0.1) is 18.4 Å². The second-order valence-electron chi connectivity index (χ2n) is 5.84. The highest BCUT2D eigenvalue weighted by molar-refractivity contribution is 5.85. The number of rotatable bonds is 8. The molecule has 0 aliphatic carbocycles.